The quantitative estimate of drug-likeness (QED) is 0.174. The van der Waals surface area contributed by atoms with E-state index in [2.05, 4.69) is 9.98 Å². The van der Waals surface area contributed by atoms with Crippen molar-refractivity contribution in [2.24, 2.45) is 10.7 Å². The highest BCUT2D eigenvalue weighted by Gasteiger charge is 2.30. The summed E-state index contributed by atoms with van der Waals surface area (Å²) in [5, 5.41) is 17.8. The van der Waals surface area contributed by atoms with Crippen LogP contribution in [0.1, 0.15) is 27.7 Å². The summed E-state index contributed by atoms with van der Waals surface area (Å²) >= 11 is 0. The van der Waals surface area contributed by atoms with Gasteiger partial charge < -0.3 is 25.2 Å². The van der Waals surface area contributed by atoms with Gasteiger partial charge in [-0.2, -0.15) is 4.39 Å². The Morgan fingerprint density at radius 2 is 1.83 bits per heavy atom. The molecule has 46 heavy (non-hydrogen) atoms. The number of benzene rings is 3. The van der Waals surface area contributed by atoms with E-state index < -0.39 is 50.9 Å². The second-order valence-corrected chi connectivity index (χ2v) is 12.3. The van der Waals surface area contributed by atoms with E-state index in [4.69, 9.17) is 20.6 Å². The fourth-order valence-electron chi connectivity index (χ4n) is 4.62. The maximum atomic E-state index is 15.7. The highest BCUT2D eigenvalue weighted by atomic mass is 32.2. The number of amides is 1. The van der Waals surface area contributed by atoms with E-state index >= 15 is 8.78 Å². The van der Waals surface area contributed by atoms with Gasteiger partial charge in [0.2, 0.25) is 21.4 Å². The smallest absolute Gasteiger partial charge is 0.260 e. The molecular formula is C31H28F2N6O6S. The normalized spacial score (nSPS) is 14.7. The summed E-state index contributed by atoms with van der Waals surface area (Å²) in [4.78, 5) is 23.4. The Hall–Kier alpha value is -5.41. The van der Waals surface area contributed by atoms with Crippen molar-refractivity contribution in [2.45, 2.75) is 16.0 Å². The summed E-state index contributed by atoms with van der Waals surface area (Å²) in [5.74, 6) is -5.95. The lowest BCUT2D eigenvalue weighted by Gasteiger charge is -2.22. The molecule has 1 aliphatic heterocycles. The number of aliphatic imine (C=N–C) groups is 1. The van der Waals surface area contributed by atoms with Crippen LogP contribution in [-0.2, 0) is 9.84 Å². The number of hydrogen-bond acceptors (Lipinski definition) is 10. The minimum atomic E-state index is -4.28. The molecular weight excluding hydrogens is 622 g/mol. The van der Waals surface area contributed by atoms with Crippen LogP contribution in [0.4, 0.5) is 8.78 Å². The van der Waals surface area contributed by atoms with Crippen molar-refractivity contribution >= 4 is 27.8 Å². The molecule has 0 bridgehead atoms. The summed E-state index contributed by atoms with van der Waals surface area (Å²) in [7, 11) is 0.446. The minimum Gasteiger partial charge on any atom is -0.504 e. The summed E-state index contributed by atoms with van der Waals surface area (Å²) in [6, 6.07) is 13.2. The molecule has 0 saturated carbocycles. The lowest BCUT2D eigenvalue weighted by molar-refractivity contribution is 0.0824. The molecule has 12 nitrogen and oxygen atoms in total. The molecule has 1 atom stereocenters. The van der Waals surface area contributed by atoms with Crippen molar-refractivity contribution in [2.75, 3.05) is 27.7 Å². The fraction of sp³-hybridized carbons (Fsp3) is 0.161. The van der Waals surface area contributed by atoms with Gasteiger partial charge >= 0.3 is 0 Å². The van der Waals surface area contributed by atoms with E-state index in [0.717, 1.165) is 0 Å². The average molecular weight is 651 g/mol. The molecule has 0 spiro atoms. The second-order valence-electron chi connectivity index (χ2n) is 10.4. The number of ether oxygens (including phenoxy) is 2. The van der Waals surface area contributed by atoms with Gasteiger partial charge in [-0.05, 0) is 55.6 Å². The Balaban J connectivity index is 1.58. The fourth-order valence-corrected chi connectivity index (χ4v) is 6.10. The topological polar surface area (TPSA) is 172 Å². The molecule has 1 aliphatic rings. The van der Waals surface area contributed by atoms with Crippen LogP contribution >= 0.6 is 0 Å². The molecule has 0 radical (unpaired) electrons. The van der Waals surface area contributed by atoms with Gasteiger partial charge in [-0.3, -0.25) is 20.1 Å². The van der Waals surface area contributed by atoms with Crippen molar-refractivity contribution in [1.29, 1.82) is 5.41 Å². The van der Waals surface area contributed by atoms with Crippen LogP contribution in [0, 0.1) is 17.0 Å². The van der Waals surface area contributed by atoms with E-state index in [9.17, 15) is 18.3 Å². The highest BCUT2D eigenvalue weighted by Crippen LogP contribution is 2.41. The number of amidine groups is 1. The first-order chi connectivity index (χ1) is 21.8. The minimum absolute atomic E-state index is 0.0290. The maximum absolute atomic E-state index is 15.7. The lowest BCUT2D eigenvalue weighted by atomic mass is 10.1. The lowest BCUT2D eigenvalue weighted by Crippen LogP contribution is -2.24. The zero-order valence-corrected chi connectivity index (χ0v) is 25.5. The summed E-state index contributed by atoms with van der Waals surface area (Å²) in [6.45, 7) is 0.403. The Morgan fingerprint density at radius 1 is 1.09 bits per heavy atom. The predicted molar refractivity (Wildman–Crippen MR) is 164 cm³/mol. The number of hydrogen-bond donors (Lipinski definition) is 3. The number of aromatic hydroxyl groups is 1. The van der Waals surface area contributed by atoms with Crippen LogP contribution in [0.2, 0.25) is 0 Å². The molecule has 238 valence electrons. The number of nitrogens with one attached hydrogen (secondary N) is 1. The molecule has 15 heteroatoms. The molecule has 5 rings (SSSR count). The number of sulfone groups is 1. The van der Waals surface area contributed by atoms with E-state index in [-0.39, 0.29) is 43.8 Å². The molecule has 4 aromatic rings. The molecule has 2 heterocycles. The first-order valence-electron chi connectivity index (χ1n) is 13.6. The average Bonchev–Trinajstić information content (AvgIpc) is 3.46. The Labute approximate surface area is 262 Å². The summed E-state index contributed by atoms with van der Waals surface area (Å²) < 4.78 is 69.6. The van der Waals surface area contributed by atoms with Crippen LogP contribution in [0.25, 0.3) is 0 Å². The molecule has 0 fully saturated rings. The number of rotatable bonds is 9. The number of nitrogens with two attached hydrogens (primary N) is 1. The molecule has 1 aromatic heterocycles. The number of phenols is 1. The first kappa shape index (κ1) is 32.0. The van der Waals surface area contributed by atoms with E-state index in [1.54, 1.807) is 24.2 Å². The van der Waals surface area contributed by atoms with E-state index in [1.807, 2.05) is 0 Å². The van der Waals surface area contributed by atoms with Gasteiger partial charge in [-0.25, -0.2) is 17.8 Å². The van der Waals surface area contributed by atoms with Gasteiger partial charge in [-0.15, -0.1) is 0 Å². The Kier molecular flexibility index (Phi) is 8.72. The Morgan fingerprint density at radius 3 is 2.50 bits per heavy atom. The van der Waals surface area contributed by atoms with Gasteiger partial charge in [0.15, 0.2) is 17.3 Å². The molecule has 0 saturated heterocycles. The highest BCUT2D eigenvalue weighted by molar-refractivity contribution is 7.91. The Bertz CT molecular complexity index is 2000. The third-order valence-electron chi connectivity index (χ3n) is 7.01. The van der Waals surface area contributed by atoms with Crippen molar-refractivity contribution in [3.8, 4) is 28.9 Å². The van der Waals surface area contributed by atoms with Crippen molar-refractivity contribution in [1.82, 2.24) is 14.8 Å². The molecule has 0 aliphatic carbocycles. The second kappa shape index (κ2) is 12.5. The SMILES string of the molecule is CN(C)C(=O)c1ccccc1S(=O)(=O)c1ccc(Oc2c(F)cnc(Oc3cc(C(=N)N)ccc3O)c2F)c(C2N=CCN2C)c1. The molecule has 1 amide bonds. The van der Waals surface area contributed by atoms with Gasteiger partial charge in [0.25, 0.3) is 11.8 Å². The largest absolute Gasteiger partial charge is 0.504 e. The zero-order chi connectivity index (χ0) is 33.3. The van der Waals surface area contributed by atoms with Crippen LogP contribution in [0.15, 0.2) is 81.6 Å². The van der Waals surface area contributed by atoms with Crippen molar-refractivity contribution < 1.29 is 36.6 Å². The number of aromatic nitrogens is 1. The van der Waals surface area contributed by atoms with E-state index in [1.165, 1.54) is 73.6 Å². The van der Waals surface area contributed by atoms with Crippen LogP contribution < -0.4 is 15.2 Å². The summed E-state index contributed by atoms with van der Waals surface area (Å²) in [5.41, 5.74) is 5.79. The molecule has 3 aromatic carbocycles. The van der Waals surface area contributed by atoms with Gasteiger partial charge in [-0.1, -0.05) is 12.1 Å². The van der Waals surface area contributed by atoms with Gasteiger partial charge in [0, 0.05) is 38.0 Å². The maximum Gasteiger partial charge on any atom is 0.260 e. The third kappa shape index (κ3) is 6.09. The standard InChI is InChI=1S/C31H28F2N6O6S/c1-38(2)31(41)19-6-4-5-7-25(19)46(42,43)18-9-11-23(20(15-18)29-36-12-13-39(29)3)44-27-21(32)16-37-30(26(27)33)45-24-14-17(28(34)35)8-10-22(24)40/h4-12,14-16,29,40H,13H2,1-3H3,(H3,34,35). The number of nitrogens with zero attached hydrogens (tertiary/aromatic N) is 4. The number of pyridine rings is 1. The third-order valence-corrected chi connectivity index (χ3v) is 8.81. The van der Waals surface area contributed by atoms with Gasteiger partial charge in [0.1, 0.15) is 17.8 Å². The van der Waals surface area contributed by atoms with Crippen LogP contribution in [0.3, 0.4) is 0 Å². The number of carbonyl (C=O) groups excluding carboxylic acids is 1. The molecule has 1 unspecified atom stereocenters. The van der Waals surface area contributed by atoms with Crippen molar-refractivity contribution in [3.63, 3.8) is 0 Å². The zero-order valence-electron chi connectivity index (χ0n) is 24.7. The molecule has 4 N–H and O–H groups in total. The number of nitrogen functional groups attached to an aromatic ring is 1. The number of halogens is 2. The number of carbonyl (C=O) groups is 1. The van der Waals surface area contributed by atoms with Crippen molar-refractivity contribution in [3.05, 3.63) is 95.2 Å². The van der Waals surface area contributed by atoms with Gasteiger partial charge in [0.05, 0.1) is 21.6 Å². The predicted octanol–water partition coefficient (Wildman–Crippen LogP) is 4.48. The summed E-state index contributed by atoms with van der Waals surface area (Å²) in [6.07, 6.45) is 1.47. The van der Waals surface area contributed by atoms with E-state index in [0.29, 0.717) is 12.7 Å². The van der Waals surface area contributed by atoms with Crippen LogP contribution in [-0.4, -0.2) is 74.0 Å². The number of phenolic OH excluding ortho intramolecular Hbond substituents is 1. The van der Waals surface area contributed by atoms with Crippen LogP contribution in [0.5, 0.6) is 28.9 Å². The monoisotopic (exact) mass is 650 g/mol. The first-order valence-corrected chi connectivity index (χ1v) is 15.1.